The molecule has 700 valence electrons. The van der Waals surface area contributed by atoms with Gasteiger partial charge in [0.1, 0.15) is 156 Å². The molecule has 24 atom stereocenters. The van der Waals surface area contributed by atoms with E-state index in [1.54, 1.807) is 0 Å². The van der Waals surface area contributed by atoms with Crippen molar-refractivity contribution >= 4 is 76.4 Å². The third-order valence-corrected chi connectivity index (χ3v) is 24.1. The van der Waals surface area contributed by atoms with Crippen molar-refractivity contribution in [3.8, 4) is 80.1 Å². The first-order chi connectivity index (χ1) is 62.4. The van der Waals surface area contributed by atoms with E-state index in [0.29, 0.717) is 18.8 Å². The number of unbranched alkanes of at least 4 members (excludes halogenated alkanes) is 1. The Morgan fingerprint density at radius 3 is 1.74 bits per heavy atom. The summed E-state index contributed by atoms with van der Waals surface area (Å²) in [6.07, 6.45) is -26.9. The number of benzene rings is 7. The smallest absolute Gasteiger partial charge is 0.330 e. The van der Waals surface area contributed by atoms with Crippen LogP contribution < -0.4 is 72.0 Å². The molecule has 0 aromatic heterocycles. The first kappa shape index (κ1) is 95.0. The summed E-state index contributed by atoms with van der Waals surface area (Å²) in [7, 11) is 0. The van der Waals surface area contributed by atoms with Crippen LogP contribution >= 0.6 is 23.2 Å². The standard InChI is InChI=1S/C87H95Cl2N9O33/c1-4-32(2)8-5-6-11-58(107)93-66-72(112)69(109)56(30-100)128-86(66)131-77-53-24-38-25-54(77)125-51-17-14-36(23-46(51)89)75(130-85-65(91-33(3)102)71(111)68(108)55(29-99)127-85)67-83(120)97-64(84(121)122)44-27-40(104)28-52(126-87-74(114)73(113)70(110)57(31-101)129-87)59(44)43-22-35(13-15-48(43)105)61(80(117)98-67)95-82(119)63(38)96-81(118)62-37-20-39(103)26-41(21-37)123-76-42(9-7-10-49(76)106)60(90)79(116)92-47(78(115)94-62)19-34-12-16-50(124-53)45(88)18-34/h7,9-10,12-18,20-28,32,47,55-57,60-75,85-87,99-101,103-106,108-114H,4-6,8,11,19,29-31,90H2,1-3H3,(H,91,102)(H,92,116)(H,93,107)(H,94,115)(H,95,119)(H,96,118)(H,97,120)(H,98,117)(H,121,122)/t32-,47-,55+,56+,57+,60+,61-,62+,63+,64-,65+,66+,67-,68+,69+,70+,71-,72-,73+,74+,75+,85+,86+,87+/m1/s1. The second kappa shape index (κ2) is 40.0. The number of phenols is 4. The molecule has 44 heteroatoms. The van der Waals surface area contributed by atoms with Gasteiger partial charge >= 0.3 is 5.97 Å². The molecular formula is C87H95Cl2N9O33. The van der Waals surface area contributed by atoms with Gasteiger partial charge in [-0.25, -0.2) is 4.79 Å². The molecule has 0 spiro atoms. The molecule has 42 nitrogen and oxygen atoms in total. The lowest BCUT2D eigenvalue weighted by Gasteiger charge is -2.44. The topological polar surface area (TPSA) is 662 Å². The van der Waals surface area contributed by atoms with Crippen molar-refractivity contribution in [3.05, 3.63) is 164 Å². The monoisotopic (exact) mass is 1860 g/mol. The predicted octanol–water partition coefficient (Wildman–Crippen LogP) is 0.629. The van der Waals surface area contributed by atoms with E-state index in [0.717, 1.165) is 98.6 Å². The summed E-state index contributed by atoms with van der Waals surface area (Å²) in [5.74, 6) is -19.6. The van der Waals surface area contributed by atoms with Crippen LogP contribution in [0.25, 0.3) is 11.1 Å². The number of para-hydroxylation sites is 1. The summed E-state index contributed by atoms with van der Waals surface area (Å²) in [4.78, 5) is 138. The summed E-state index contributed by atoms with van der Waals surface area (Å²) >= 11 is 14.7. The number of aliphatic hydroxyl groups excluding tert-OH is 10. The number of carbonyl (C=O) groups is 9. The maximum Gasteiger partial charge on any atom is 0.330 e. The number of rotatable bonds is 18. The number of aromatic hydroxyl groups is 4. The SMILES string of the molecule is CC[C@@H](C)CCCCC(=O)N[C@@H]1[C@H](Oc2c3cc4cc2Oc2ccc(cc2Cl)[C@H](O[C@@H]2O[C@@H](CO)[C@H](O)[C@H](O)[C@@H]2NC(C)=O)[C@H]2NC(=O)[C@H](NC(=O)[C@H]4NC(=O)[C@H]4NC(=O)[C@@H](Cc5ccc(c(Cl)c5)O3)NC(=O)[C@@H](N)c3cccc(O)c3Oc3cc(O)cc4c3)c3ccc(O)c(c3)-c3c(O[C@H]4O[C@@H](CO)[C@H](O)[C@H](O)[C@@H]4O)cc(O)cc3[C@H](C(=O)O)NC2=O)O[C@@H](CO)[C@H](O)[C@@H]1O. The highest BCUT2D eigenvalue weighted by Crippen LogP contribution is 2.51. The molecule has 0 aliphatic carbocycles. The van der Waals surface area contributed by atoms with E-state index >= 15 is 24.0 Å². The number of phenolic OH excluding ortho intramolecular Hbond substituents is 4. The van der Waals surface area contributed by atoms with Crippen LogP contribution in [0.15, 0.2) is 115 Å². The molecule has 3 fully saturated rings. The van der Waals surface area contributed by atoms with Crippen molar-refractivity contribution in [1.29, 1.82) is 0 Å². The number of fused-ring (bicyclic) bond motifs is 13. The average molecular weight is 1870 g/mol. The third-order valence-electron chi connectivity index (χ3n) is 23.5. The first-order valence-corrected chi connectivity index (χ1v) is 42.3. The summed E-state index contributed by atoms with van der Waals surface area (Å²) in [6.45, 7) is 1.87. The lowest BCUT2D eigenvalue weighted by Crippen LogP contribution is -2.65. The summed E-state index contributed by atoms with van der Waals surface area (Å²) in [6, 6.07) is 0.660. The van der Waals surface area contributed by atoms with E-state index in [1.807, 2.05) is 13.8 Å². The van der Waals surface area contributed by atoms with Gasteiger partial charge in [-0.05, 0) is 113 Å². The van der Waals surface area contributed by atoms with Gasteiger partial charge in [0, 0.05) is 54.2 Å². The van der Waals surface area contributed by atoms with Gasteiger partial charge in [0.25, 0.3) is 0 Å². The van der Waals surface area contributed by atoms with E-state index in [2.05, 4.69) is 42.5 Å². The van der Waals surface area contributed by atoms with Gasteiger partial charge in [0.15, 0.2) is 35.3 Å². The Bertz CT molecular complexity index is 5540. The summed E-state index contributed by atoms with van der Waals surface area (Å²) < 4.78 is 57.5. The minimum absolute atomic E-state index is 0.149. The van der Waals surface area contributed by atoms with Crippen LogP contribution in [0.2, 0.25) is 10.0 Å². The van der Waals surface area contributed by atoms with Gasteiger partial charge in [-0.2, -0.15) is 0 Å². The molecule has 0 unspecified atom stereocenters. The molecule has 9 aliphatic rings. The molecule has 7 aromatic rings. The highest BCUT2D eigenvalue weighted by Gasteiger charge is 2.52. The predicted molar refractivity (Wildman–Crippen MR) is 448 cm³/mol. The number of halogens is 2. The molecule has 0 radical (unpaired) electrons. The molecule has 15 bridgehead atoms. The number of nitrogens with two attached hydrogens (primary N) is 1. The van der Waals surface area contributed by atoms with Crippen LogP contribution in [-0.2, 0) is 68.5 Å². The molecule has 25 N–H and O–H groups in total. The van der Waals surface area contributed by atoms with E-state index in [9.17, 15) is 95.8 Å². The molecular weight excluding hydrogens is 1770 g/mol. The van der Waals surface area contributed by atoms with Crippen LogP contribution in [0.4, 0.5) is 0 Å². The highest BCUT2D eigenvalue weighted by atomic mass is 35.5. The Hall–Kier alpha value is -12.1. The van der Waals surface area contributed by atoms with Gasteiger partial charge < -0.3 is 167 Å². The van der Waals surface area contributed by atoms with Crippen molar-refractivity contribution in [3.63, 3.8) is 0 Å². The van der Waals surface area contributed by atoms with Gasteiger partial charge in [0.05, 0.1) is 29.9 Å². The first-order valence-electron chi connectivity index (χ1n) is 41.5. The zero-order valence-electron chi connectivity index (χ0n) is 69.6. The molecule has 9 aliphatic heterocycles. The Labute approximate surface area is 753 Å². The van der Waals surface area contributed by atoms with Gasteiger partial charge in [0.2, 0.25) is 65.6 Å². The fourth-order valence-corrected chi connectivity index (χ4v) is 16.8. The minimum atomic E-state index is -2.59. The molecule has 9 heterocycles. The second-order valence-electron chi connectivity index (χ2n) is 32.6. The van der Waals surface area contributed by atoms with Crippen LogP contribution in [0, 0.1) is 5.92 Å². The molecule has 3 saturated heterocycles. The number of carbonyl (C=O) groups excluding carboxylic acids is 8. The van der Waals surface area contributed by atoms with Gasteiger partial charge in [-0.1, -0.05) is 86.6 Å². The Kier molecular flexibility index (Phi) is 29.0. The Morgan fingerprint density at radius 2 is 1.11 bits per heavy atom. The van der Waals surface area contributed by atoms with E-state index in [1.165, 1.54) is 36.4 Å². The van der Waals surface area contributed by atoms with E-state index in [4.69, 9.17) is 71.6 Å². The van der Waals surface area contributed by atoms with Crippen LogP contribution in [-0.4, -0.2) is 254 Å². The maximum absolute atomic E-state index is 17.0. The number of amides is 8. The fraction of sp³-hybridized carbons (Fsp3) is 0.414. The van der Waals surface area contributed by atoms with Crippen molar-refractivity contribution in [1.82, 2.24) is 42.5 Å². The van der Waals surface area contributed by atoms with Crippen molar-refractivity contribution in [2.45, 2.75) is 200 Å². The zero-order chi connectivity index (χ0) is 94.2. The summed E-state index contributed by atoms with van der Waals surface area (Å²) in [5.41, 5.74) is 2.63. The number of carboxylic acids is 1. The highest BCUT2D eigenvalue weighted by molar-refractivity contribution is 6.32. The molecule has 131 heavy (non-hydrogen) atoms. The fourth-order valence-electron chi connectivity index (χ4n) is 16.3. The maximum atomic E-state index is 17.0. The quantitative estimate of drug-likeness (QED) is 0.0524. The lowest BCUT2D eigenvalue weighted by atomic mass is 9.89. The number of hydrogen-bond donors (Lipinski definition) is 24. The summed E-state index contributed by atoms with van der Waals surface area (Å²) in [5, 5.41) is 190. The lowest BCUT2D eigenvalue weighted by molar-refractivity contribution is -0.284. The number of ether oxygens (including phenoxy) is 9. The van der Waals surface area contributed by atoms with Crippen LogP contribution in [0.3, 0.4) is 0 Å². The van der Waals surface area contributed by atoms with Gasteiger partial charge in [-0.15, -0.1) is 0 Å². The third kappa shape index (κ3) is 20.2. The molecule has 7 aromatic carbocycles. The van der Waals surface area contributed by atoms with Gasteiger partial charge in [-0.3, -0.25) is 38.4 Å². The van der Waals surface area contributed by atoms with E-state index in [-0.39, 0.29) is 28.3 Å². The normalized spacial score (nSPS) is 29.2. The average Bonchev–Trinajstić information content (AvgIpc) is 1.27. The largest absolute Gasteiger partial charge is 0.508 e. The van der Waals surface area contributed by atoms with Crippen molar-refractivity contribution in [2.75, 3.05) is 19.8 Å². The number of carboxylic acid groups (broad SMARTS) is 1. The number of aliphatic carboxylic acids is 1. The molecule has 8 amide bonds. The van der Waals surface area contributed by atoms with Crippen LogP contribution in [0.5, 0.6) is 69.0 Å². The minimum Gasteiger partial charge on any atom is -0.508 e. The zero-order valence-corrected chi connectivity index (χ0v) is 71.1. The number of hydrogen-bond acceptors (Lipinski definition) is 33. The Balaban J connectivity index is 1.04. The Morgan fingerprint density at radius 1 is 0.534 bits per heavy atom. The van der Waals surface area contributed by atoms with Crippen molar-refractivity contribution in [2.24, 2.45) is 11.7 Å². The molecule has 16 rings (SSSR count). The van der Waals surface area contributed by atoms with Crippen LogP contribution in [0.1, 0.15) is 128 Å². The number of nitrogens with one attached hydrogen (secondary N) is 8. The second-order valence-corrected chi connectivity index (χ2v) is 33.4. The number of aliphatic hydroxyl groups is 10. The molecule has 0 saturated carbocycles. The van der Waals surface area contributed by atoms with Crippen molar-refractivity contribution < 1.29 is 162 Å². The van der Waals surface area contributed by atoms with E-state index < -0.39 is 327 Å².